The first-order valence-electron chi connectivity index (χ1n) is 9.03. The second kappa shape index (κ2) is 6.54. The Balaban J connectivity index is 2.08. The molecule has 4 unspecified atom stereocenters. The fraction of sp³-hybridized carbons (Fsp3) is 0.273. The summed E-state index contributed by atoms with van der Waals surface area (Å²) >= 11 is 6.14. The van der Waals surface area contributed by atoms with Gasteiger partial charge in [-0.15, -0.1) is 0 Å². The van der Waals surface area contributed by atoms with E-state index in [4.69, 9.17) is 26.5 Å². The lowest BCUT2D eigenvalue weighted by molar-refractivity contribution is -0.289. The van der Waals surface area contributed by atoms with Crippen LogP contribution in [-0.4, -0.2) is 5.90 Å². The second-order valence-electron chi connectivity index (χ2n) is 7.30. The Bertz CT molecular complexity index is 1180. The number of fused-ring (bicyclic) bond motifs is 2. The van der Waals surface area contributed by atoms with Crippen LogP contribution in [0.5, 0.6) is 0 Å². The Morgan fingerprint density at radius 2 is 1.77 bits per heavy atom. The average molecular weight is 421 g/mol. The summed E-state index contributed by atoms with van der Waals surface area (Å²) in [6.07, 6.45) is -1.49. The largest absolute Gasteiger partial charge is 0.443 e. The number of rotatable bonds is 2. The maximum atomic E-state index is 14.8. The number of hydrogen-bond donors (Lipinski definition) is 1. The van der Waals surface area contributed by atoms with E-state index >= 15 is 0 Å². The highest BCUT2D eigenvalue weighted by atomic mass is 35.5. The molecular formula is C22H14ClFN4O2. The molecule has 6 nitrogen and oxygen atoms in total. The highest BCUT2D eigenvalue weighted by Crippen LogP contribution is 2.69. The molecule has 148 valence electrons. The van der Waals surface area contributed by atoms with Crippen LogP contribution in [0, 0.1) is 62.0 Å². The zero-order valence-electron chi connectivity index (χ0n) is 15.7. The van der Waals surface area contributed by atoms with Gasteiger partial charge in [-0.25, -0.2) is 4.39 Å². The number of ether oxygens (including phenoxy) is 2. The normalized spacial score (nSPS) is 31.1. The van der Waals surface area contributed by atoms with Gasteiger partial charge in [0.25, 0.3) is 0 Å². The van der Waals surface area contributed by atoms with Gasteiger partial charge in [-0.3, -0.25) is 5.41 Å². The minimum Gasteiger partial charge on any atom is -0.443 e. The van der Waals surface area contributed by atoms with Crippen molar-refractivity contribution in [2.75, 3.05) is 0 Å². The third-order valence-corrected chi connectivity index (χ3v) is 6.32. The molecule has 2 saturated heterocycles. The lowest BCUT2D eigenvalue weighted by Gasteiger charge is -2.48. The van der Waals surface area contributed by atoms with Crippen LogP contribution in [0.2, 0.25) is 5.02 Å². The summed E-state index contributed by atoms with van der Waals surface area (Å²) in [5, 5.41) is 39.3. The van der Waals surface area contributed by atoms with Crippen LogP contribution < -0.4 is 0 Å². The Morgan fingerprint density at radius 3 is 2.37 bits per heavy atom. The monoisotopic (exact) mass is 420 g/mol. The van der Waals surface area contributed by atoms with Crippen molar-refractivity contribution >= 4 is 17.5 Å². The molecule has 2 aromatic carbocycles. The van der Waals surface area contributed by atoms with E-state index in [0.29, 0.717) is 10.6 Å². The minimum atomic E-state index is -2.22. The molecule has 2 aromatic rings. The zero-order valence-corrected chi connectivity index (χ0v) is 16.4. The molecule has 2 aliphatic heterocycles. The first-order chi connectivity index (χ1) is 14.3. The molecule has 0 aliphatic carbocycles. The van der Waals surface area contributed by atoms with Crippen LogP contribution >= 0.6 is 11.6 Å². The van der Waals surface area contributed by atoms with Crippen molar-refractivity contribution < 1.29 is 13.9 Å². The molecule has 0 radical (unpaired) electrons. The molecule has 2 bridgehead atoms. The lowest BCUT2D eigenvalue weighted by Crippen LogP contribution is -2.57. The van der Waals surface area contributed by atoms with Crippen molar-refractivity contribution in [3.05, 3.63) is 70.5 Å². The second-order valence-corrected chi connectivity index (χ2v) is 7.74. The topological polar surface area (TPSA) is 114 Å². The molecule has 2 fully saturated rings. The van der Waals surface area contributed by atoms with E-state index < -0.39 is 40.4 Å². The van der Waals surface area contributed by atoms with Crippen molar-refractivity contribution in [2.24, 2.45) is 16.7 Å². The maximum absolute atomic E-state index is 14.8. The molecule has 4 rings (SSSR count). The zero-order chi connectivity index (χ0) is 21.7. The lowest BCUT2D eigenvalue weighted by atomic mass is 9.53. The fourth-order valence-corrected chi connectivity index (χ4v) is 4.73. The maximum Gasteiger partial charge on any atom is 0.244 e. The summed E-state index contributed by atoms with van der Waals surface area (Å²) < 4.78 is 26.8. The van der Waals surface area contributed by atoms with Gasteiger partial charge in [-0.05, 0) is 18.2 Å². The number of benzene rings is 2. The number of hydrogen-bond acceptors (Lipinski definition) is 6. The summed E-state index contributed by atoms with van der Waals surface area (Å²) in [6, 6.07) is 17.8. The van der Waals surface area contributed by atoms with Gasteiger partial charge in [-0.2, -0.15) is 15.8 Å². The predicted molar refractivity (Wildman–Crippen MR) is 103 cm³/mol. The van der Waals surface area contributed by atoms with E-state index in [0.717, 1.165) is 0 Å². The van der Waals surface area contributed by atoms with Crippen LogP contribution in [0.25, 0.3) is 0 Å². The van der Waals surface area contributed by atoms with Gasteiger partial charge < -0.3 is 9.47 Å². The summed E-state index contributed by atoms with van der Waals surface area (Å²) in [6.45, 7) is 1.58. The number of nitriles is 3. The highest BCUT2D eigenvalue weighted by Gasteiger charge is 2.80. The summed E-state index contributed by atoms with van der Waals surface area (Å²) in [5.74, 6) is -3.92. The molecule has 4 atom stereocenters. The number of halogens is 2. The highest BCUT2D eigenvalue weighted by molar-refractivity contribution is 6.30. The fourth-order valence-electron chi connectivity index (χ4n) is 4.54. The van der Waals surface area contributed by atoms with E-state index in [2.05, 4.69) is 0 Å². The average Bonchev–Trinajstić information content (AvgIpc) is 2.91. The van der Waals surface area contributed by atoms with Crippen molar-refractivity contribution in [2.45, 2.75) is 18.8 Å². The number of nitrogens with one attached hydrogen (secondary N) is 1. The van der Waals surface area contributed by atoms with Crippen LogP contribution in [0.3, 0.4) is 0 Å². The van der Waals surface area contributed by atoms with Gasteiger partial charge in [0.15, 0.2) is 5.41 Å². The Kier molecular flexibility index (Phi) is 4.33. The molecule has 0 saturated carbocycles. The van der Waals surface area contributed by atoms with Crippen molar-refractivity contribution in [1.82, 2.24) is 0 Å². The molecule has 0 spiro atoms. The smallest absolute Gasteiger partial charge is 0.244 e. The van der Waals surface area contributed by atoms with Gasteiger partial charge in [-0.1, -0.05) is 48.9 Å². The molecule has 0 amide bonds. The third-order valence-electron chi connectivity index (χ3n) is 6.08. The van der Waals surface area contributed by atoms with Gasteiger partial charge in [0.05, 0.1) is 24.1 Å². The van der Waals surface area contributed by atoms with E-state index in [1.807, 2.05) is 18.2 Å². The molecule has 1 N–H and O–H groups in total. The Hall–Kier alpha value is -3.44. The van der Waals surface area contributed by atoms with E-state index in [1.165, 1.54) is 18.2 Å². The summed E-state index contributed by atoms with van der Waals surface area (Å²) in [7, 11) is 0. The van der Waals surface area contributed by atoms with Crippen molar-refractivity contribution in [3.63, 3.8) is 0 Å². The minimum absolute atomic E-state index is 0.0724. The van der Waals surface area contributed by atoms with Crippen molar-refractivity contribution in [1.29, 1.82) is 21.2 Å². The summed E-state index contributed by atoms with van der Waals surface area (Å²) in [4.78, 5) is 0. The van der Waals surface area contributed by atoms with E-state index in [1.54, 1.807) is 37.3 Å². The van der Waals surface area contributed by atoms with Crippen LogP contribution in [0.15, 0.2) is 48.5 Å². The molecule has 8 heteroatoms. The summed E-state index contributed by atoms with van der Waals surface area (Å²) in [5.41, 5.74) is -3.89. The molecule has 0 aromatic heterocycles. The number of nitrogens with zero attached hydrogens (tertiary/aromatic N) is 3. The van der Waals surface area contributed by atoms with E-state index in [-0.39, 0.29) is 5.56 Å². The molecule has 30 heavy (non-hydrogen) atoms. The molecule has 2 aliphatic rings. The molecule has 2 heterocycles. The van der Waals surface area contributed by atoms with Crippen LogP contribution in [0.4, 0.5) is 4.39 Å². The van der Waals surface area contributed by atoms with Crippen molar-refractivity contribution in [3.8, 4) is 18.2 Å². The predicted octanol–water partition coefficient (Wildman–Crippen LogP) is 4.59. The van der Waals surface area contributed by atoms with E-state index in [9.17, 15) is 20.2 Å². The first kappa shape index (κ1) is 19.9. The van der Waals surface area contributed by atoms with Gasteiger partial charge in [0.1, 0.15) is 11.9 Å². The van der Waals surface area contributed by atoms with Gasteiger partial charge >= 0.3 is 0 Å². The molecular weight excluding hydrogens is 407 g/mol. The SMILES string of the molecule is CC1C2(c3cccc(Cl)c3)OC(=N)C1(C#N)C(C#N)(C#N)C(c1ccccc1F)O2. The van der Waals surface area contributed by atoms with Crippen LogP contribution in [0.1, 0.15) is 24.2 Å². The van der Waals surface area contributed by atoms with Gasteiger partial charge in [0.2, 0.25) is 17.1 Å². The Labute approximate surface area is 177 Å². The Morgan fingerprint density at radius 1 is 1.07 bits per heavy atom. The third kappa shape index (κ3) is 2.15. The van der Waals surface area contributed by atoms with Crippen LogP contribution in [-0.2, 0) is 15.3 Å². The quantitative estimate of drug-likeness (QED) is 0.763. The first-order valence-corrected chi connectivity index (χ1v) is 9.41. The standard InChI is InChI=1S/C22H14ClFN4O2/c1-13-21(12-27)19(28)30-22(13,14-5-4-6-15(23)9-14)29-18(20(21,10-25)11-26)16-7-2-3-8-17(16)24/h2-9,13,18,28H,1H3. The van der Waals surface area contributed by atoms with Gasteiger partial charge in [0, 0.05) is 16.1 Å².